The van der Waals surface area contributed by atoms with Crippen LogP contribution in [0.2, 0.25) is 0 Å². The van der Waals surface area contributed by atoms with Crippen LogP contribution in [0.1, 0.15) is 47.4 Å². The van der Waals surface area contributed by atoms with E-state index in [1.165, 1.54) is 6.33 Å². The van der Waals surface area contributed by atoms with Crippen molar-refractivity contribution in [3.8, 4) is 5.69 Å². The van der Waals surface area contributed by atoms with E-state index in [0.717, 1.165) is 56.0 Å². The van der Waals surface area contributed by atoms with Gasteiger partial charge >= 0.3 is 0 Å². The van der Waals surface area contributed by atoms with Crippen LogP contribution in [0.3, 0.4) is 0 Å². The highest BCUT2D eigenvalue weighted by atomic mass is 16.2. The molecule has 2 saturated heterocycles. The quantitative estimate of drug-likeness (QED) is 0.432. The Labute approximate surface area is 213 Å². The summed E-state index contributed by atoms with van der Waals surface area (Å²) < 4.78 is 1.79. The second-order valence-electron chi connectivity index (χ2n) is 9.90. The summed E-state index contributed by atoms with van der Waals surface area (Å²) in [4.78, 5) is 37.3. The van der Waals surface area contributed by atoms with Gasteiger partial charge in [-0.2, -0.15) is 10.2 Å². The van der Waals surface area contributed by atoms with Crippen LogP contribution in [0.15, 0.2) is 42.9 Å². The van der Waals surface area contributed by atoms with Crippen LogP contribution in [0, 0.1) is 6.92 Å². The van der Waals surface area contributed by atoms with Crippen LogP contribution in [0.5, 0.6) is 0 Å². The van der Waals surface area contributed by atoms with Gasteiger partial charge in [-0.25, -0.2) is 14.6 Å². The normalized spacial score (nSPS) is 17.2. The van der Waals surface area contributed by atoms with Gasteiger partial charge in [0.2, 0.25) is 5.91 Å². The second kappa shape index (κ2) is 9.40. The third-order valence-corrected chi connectivity index (χ3v) is 7.46. The molecular weight excluding hydrogens is 470 g/mol. The van der Waals surface area contributed by atoms with Gasteiger partial charge in [0, 0.05) is 38.0 Å². The Hall–Kier alpha value is -4.12. The van der Waals surface area contributed by atoms with E-state index in [0.29, 0.717) is 28.8 Å². The van der Waals surface area contributed by atoms with Crippen molar-refractivity contribution in [3.63, 3.8) is 0 Å². The summed E-state index contributed by atoms with van der Waals surface area (Å²) in [6.45, 7) is 7.26. The molecule has 2 aliphatic heterocycles. The number of carbonyl (C=O) groups excluding carboxylic acids is 2. The molecule has 1 aromatic carbocycles. The maximum atomic E-state index is 13.2. The van der Waals surface area contributed by atoms with Gasteiger partial charge in [-0.15, -0.1) is 0 Å². The van der Waals surface area contributed by atoms with Gasteiger partial charge in [-0.05, 0) is 45.0 Å². The molecule has 0 saturated carbocycles. The molecule has 2 amide bonds. The number of aromatic amines is 1. The highest BCUT2D eigenvalue weighted by Gasteiger charge is 2.35. The number of aromatic nitrogens is 6. The molecule has 0 aliphatic carbocycles. The van der Waals surface area contributed by atoms with Crippen LogP contribution >= 0.6 is 0 Å². The summed E-state index contributed by atoms with van der Waals surface area (Å²) in [6, 6.07) is 10.5. The van der Waals surface area contributed by atoms with Gasteiger partial charge < -0.3 is 10.2 Å². The zero-order valence-electron chi connectivity index (χ0n) is 20.9. The number of fused-ring (bicyclic) bond motifs is 1. The number of aryl methyl sites for hydroxylation is 1. The number of piperidine rings is 1. The minimum Gasteiger partial charge on any atom is -0.340 e. The number of H-pyrrole nitrogens is 1. The number of anilines is 1. The average molecular weight is 500 g/mol. The van der Waals surface area contributed by atoms with Crippen molar-refractivity contribution < 1.29 is 9.59 Å². The first-order valence-electron chi connectivity index (χ1n) is 12.6. The lowest BCUT2D eigenvalue weighted by Crippen LogP contribution is -2.61. The Morgan fingerprint density at radius 1 is 1.11 bits per heavy atom. The van der Waals surface area contributed by atoms with Crippen LogP contribution in [-0.2, 0) is 4.79 Å². The number of benzene rings is 1. The zero-order valence-corrected chi connectivity index (χ0v) is 20.9. The molecule has 0 spiro atoms. The predicted molar refractivity (Wildman–Crippen MR) is 138 cm³/mol. The number of likely N-dealkylation sites (tertiary alicyclic amines) is 2. The molecule has 0 radical (unpaired) electrons. The molecule has 6 rings (SSSR count). The minimum atomic E-state index is -0.361. The van der Waals surface area contributed by atoms with Crippen molar-refractivity contribution >= 4 is 28.7 Å². The van der Waals surface area contributed by atoms with E-state index in [2.05, 4.69) is 30.4 Å². The van der Waals surface area contributed by atoms with Gasteiger partial charge in [-0.1, -0.05) is 17.7 Å². The molecule has 37 heavy (non-hydrogen) atoms. The Morgan fingerprint density at radius 2 is 1.86 bits per heavy atom. The fraction of sp³-hybridized carbons (Fsp3) is 0.385. The molecule has 190 valence electrons. The summed E-state index contributed by atoms with van der Waals surface area (Å²) >= 11 is 0. The van der Waals surface area contributed by atoms with Crippen LogP contribution in [0.4, 0.5) is 5.82 Å². The third-order valence-electron chi connectivity index (χ3n) is 7.46. The van der Waals surface area contributed by atoms with Crippen molar-refractivity contribution in [1.29, 1.82) is 0 Å². The number of hydrogen-bond acceptors (Lipinski definition) is 7. The minimum absolute atomic E-state index is 0.151. The molecule has 0 bridgehead atoms. The second-order valence-corrected chi connectivity index (χ2v) is 9.90. The number of amides is 2. The lowest BCUT2D eigenvalue weighted by atomic mass is 9.91. The maximum Gasteiger partial charge on any atom is 0.279 e. The van der Waals surface area contributed by atoms with Crippen LogP contribution in [-0.4, -0.2) is 83.8 Å². The number of rotatable bonds is 5. The van der Waals surface area contributed by atoms with Gasteiger partial charge in [0.15, 0.2) is 5.69 Å². The Morgan fingerprint density at radius 3 is 2.59 bits per heavy atom. The first kappa shape index (κ1) is 23.3. The summed E-state index contributed by atoms with van der Waals surface area (Å²) in [5, 5.41) is 14.9. The Balaban J connectivity index is 1.22. The van der Waals surface area contributed by atoms with Crippen molar-refractivity contribution in [3.05, 3.63) is 59.8 Å². The van der Waals surface area contributed by atoms with E-state index in [4.69, 9.17) is 5.10 Å². The molecule has 3 aromatic heterocycles. The first-order valence-corrected chi connectivity index (χ1v) is 12.6. The number of carbonyl (C=O) groups is 2. The molecule has 2 aliphatic rings. The largest absolute Gasteiger partial charge is 0.340 e. The van der Waals surface area contributed by atoms with Crippen molar-refractivity contribution in [1.82, 2.24) is 39.7 Å². The molecule has 2 fully saturated rings. The zero-order chi connectivity index (χ0) is 25.5. The van der Waals surface area contributed by atoms with E-state index < -0.39 is 0 Å². The molecule has 11 heteroatoms. The van der Waals surface area contributed by atoms with Crippen LogP contribution < -0.4 is 5.32 Å². The average Bonchev–Trinajstić information content (AvgIpc) is 3.48. The number of nitrogens with zero attached hydrogens (tertiary/aromatic N) is 7. The molecule has 4 aromatic rings. The molecule has 0 atom stereocenters. The maximum absolute atomic E-state index is 13.2. The Bertz CT molecular complexity index is 1440. The molecule has 2 N–H and O–H groups in total. The lowest BCUT2D eigenvalue weighted by molar-refractivity contribution is -0.136. The number of nitrogens with one attached hydrogen (secondary N) is 2. The summed E-state index contributed by atoms with van der Waals surface area (Å²) in [5.41, 5.74) is 4.27. The van der Waals surface area contributed by atoms with Gasteiger partial charge in [0.05, 0.1) is 17.6 Å². The Kier molecular flexibility index (Phi) is 5.91. The highest BCUT2D eigenvalue weighted by Crippen LogP contribution is 2.32. The lowest BCUT2D eigenvalue weighted by Gasteiger charge is -2.47. The third kappa shape index (κ3) is 4.46. The summed E-state index contributed by atoms with van der Waals surface area (Å²) in [6.07, 6.45) is 4.96. The summed E-state index contributed by atoms with van der Waals surface area (Å²) in [7, 11) is 0. The fourth-order valence-electron chi connectivity index (χ4n) is 5.18. The van der Waals surface area contributed by atoms with Gasteiger partial charge in [0.1, 0.15) is 23.2 Å². The van der Waals surface area contributed by atoms with Gasteiger partial charge in [0.25, 0.3) is 5.91 Å². The molecule has 0 unspecified atom stereocenters. The topological polar surface area (TPSA) is 125 Å². The van der Waals surface area contributed by atoms with Crippen molar-refractivity contribution in [2.45, 2.75) is 38.6 Å². The number of hydrogen-bond donors (Lipinski definition) is 2. The van der Waals surface area contributed by atoms with E-state index >= 15 is 0 Å². The molecular formula is C26H29N9O2. The van der Waals surface area contributed by atoms with E-state index in [1.807, 2.05) is 42.2 Å². The monoisotopic (exact) mass is 499 g/mol. The molecule has 11 nitrogen and oxygen atoms in total. The van der Waals surface area contributed by atoms with Crippen molar-refractivity contribution in [2.75, 3.05) is 31.5 Å². The molecule has 5 heterocycles. The van der Waals surface area contributed by atoms with Crippen LogP contribution in [0.25, 0.3) is 16.7 Å². The predicted octanol–water partition coefficient (Wildman–Crippen LogP) is 2.51. The SMILES string of the molecule is CC(=O)N1CC(N2CCC(c3cc(NC(=O)c4n[nH]c5cncnc45)n(-c4ccc(C)cc4)n3)CC2)C1. The smallest absolute Gasteiger partial charge is 0.279 e. The highest BCUT2D eigenvalue weighted by molar-refractivity contribution is 6.09. The first-order chi connectivity index (χ1) is 18.0. The van der Waals surface area contributed by atoms with Gasteiger partial charge in [-0.3, -0.25) is 19.6 Å². The van der Waals surface area contributed by atoms with Crippen molar-refractivity contribution in [2.24, 2.45) is 0 Å². The van der Waals surface area contributed by atoms with E-state index in [9.17, 15) is 9.59 Å². The van der Waals surface area contributed by atoms with E-state index in [-0.39, 0.29) is 17.5 Å². The standard InChI is InChI=1S/C26H29N9O2/c1-16-3-5-19(6-4-16)35-23(29-26(37)25-24-22(30-31-25)12-27-15-28-24)11-21(32-35)18-7-9-33(10-8-18)20-13-34(14-20)17(2)36/h3-6,11-12,15,18,20H,7-10,13-14H2,1-2H3,(H,29,37)(H,30,31). The van der Waals surface area contributed by atoms with E-state index in [1.54, 1.807) is 17.8 Å². The summed E-state index contributed by atoms with van der Waals surface area (Å²) in [5.74, 6) is 0.673. The fourth-order valence-corrected chi connectivity index (χ4v) is 5.18.